The molecule has 1 heterocycles. The number of fused-ring (bicyclic) bond motifs is 1. The molecule has 2 N–H and O–H groups in total. The number of nitrogens with zero attached hydrogens (tertiary/aromatic N) is 1. The molecule has 0 fully saturated rings. The highest BCUT2D eigenvalue weighted by Gasteiger charge is 2.11. The van der Waals surface area contributed by atoms with Gasteiger partial charge in [0.15, 0.2) is 0 Å². The number of amides is 1. The van der Waals surface area contributed by atoms with Crippen molar-refractivity contribution in [1.29, 1.82) is 0 Å². The smallest absolute Gasteiger partial charge is 0.240 e. The number of hydrogen-bond donors (Lipinski definition) is 2. The van der Waals surface area contributed by atoms with Crippen LogP contribution in [0, 0.1) is 0 Å². The molecular weight excluding hydrogens is 274 g/mol. The molecule has 0 spiro atoms. The largest absolute Gasteiger partial charge is 0.352 e. The summed E-state index contributed by atoms with van der Waals surface area (Å²) in [6.07, 6.45) is 2.01. The molecule has 0 aliphatic rings. The Morgan fingerprint density at radius 2 is 2.15 bits per heavy atom. The number of rotatable bonds is 5. The van der Waals surface area contributed by atoms with E-state index in [-0.39, 0.29) is 11.9 Å². The molecule has 0 bridgehead atoms. The fourth-order valence-electron chi connectivity index (χ4n) is 2.33. The summed E-state index contributed by atoms with van der Waals surface area (Å²) in [6.45, 7) is 4.97. The SMILES string of the molecule is CNCc1cn(CC(=O)NC(C)C)c2cc(Cl)ccc12. The monoisotopic (exact) mass is 293 g/mol. The third-order valence-corrected chi connectivity index (χ3v) is 3.29. The zero-order valence-electron chi connectivity index (χ0n) is 12.0. The molecule has 20 heavy (non-hydrogen) atoms. The average Bonchev–Trinajstić information content (AvgIpc) is 2.66. The van der Waals surface area contributed by atoms with Crippen molar-refractivity contribution in [2.75, 3.05) is 7.05 Å². The highest BCUT2D eigenvalue weighted by molar-refractivity contribution is 6.31. The minimum Gasteiger partial charge on any atom is -0.352 e. The Labute approximate surface area is 124 Å². The normalized spacial score (nSPS) is 11.2. The lowest BCUT2D eigenvalue weighted by molar-refractivity contribution is -0.122. The lowest BCUT2D eigenvalue weighted by atomic mass is 10.2. The molecule has 2 rings (SSSR count). The van der Waals surface area contributed by atoms with E-state index in [2.05, 4.69) is 10.6 Å². The molecule has 108 valence electrons. The van der Waals surface area contributed by atoms with Crippen molar-refractivity contribution in [3.63, 3.8) is 0 Å². The van der Waals surface area contributed by atoms with Crippen molar-refractivity contribution in [3.8, 4) is 0 Å². The van der Waals surface area contributed by atoms with Crippen LogP contribution in [0.3, 0.4) is 0 Å². The number of benzene rings is 1. The summed E-state index contributed by atoms with van der Waals surface area (Å²) in [6, 6.07) is 5.92. The number of carbonyl (C=O) groups is 1. The first-order valence-corrected chi connectivity index (χ1v) is 7.10. The van der Waals surface area contributed by atoms with Gasteiger partial charge in [-0.2, -0.15) is 0 Å². The maximum absolute atomic E-state index is 11.9. The van der Waals surface area contributed by atoms with Crippen molar-refractivity contribution in [2.24, 2.45) is 0 Å². The van der Waals surface area contributed by atoms with Crippen LogP contribution in [0.1, 0.15) is 19.4 Å². The molecule has 1 amide bonds. The molecule has 1 aromatic carbocycles. The van der Waals surface area contributed by atoms with Gasteiger partial charge in [0.25, 0.3) is 0 Å². The summed E-state index contributed by atoms with van der Waals surface area (Å²) >= 11 is 6.07. The van der Waals surface area contributed by atoms with Gasteiger partial charge in [0.2, 0.25) is 5.91 Å². The Morgan fingerprint density at radius 1 is 1.40 bits per heavy atom. The fraction of sp³-hybridized carbons (Fsp3) is 0.400. The number of hydrogen-bond acceptors (Lipinski definition) is 2. The molecular formula is C15H20ClN3O. The Hall–Kier alpha value is -1.52. The predicted octanol–water partition coefficient (Wildman–Crippen LogP) is 2.54. The van der Waals surface area contributed by atoms with Crippen LogP contribution in [0.15, 0.2) is 24.4 Å². The molecule has 0 radical (unpaired) electrons. The van der Waals surface area contributed by atoms with Crippen molar-refractivity contribution in [2.45, 2.75) is 33.0 Å². The summed E-state index contributed by atoms with van der Waals surface area (Å²) < 4.78 is 1.95. The van der Waals surface area contributed by atoms with Crippen molar-refractivity contribution >= 4 is 28.4 Å². The average molecular weight is 294 g/mol. The zero-order valence-corrected chi connectivity index (χ0v) is 12.8. The molecule has 0 aliphatic carbocycles. The minimum absolute atomic E-state index is 0.00730. The van der Waals surface area contributed by atoms with Crippen LogP contribution in [-0.2, 0) is 17.9 Å². The van der Waals surface area contributed by atoms with Crippen molar-refractivity contribution in [1.82, 2.24) is 15.2 Å². The van der Waals surface area contributed by atoms with E-state index in [9.17, 15) is 4.79 Å². The maximum Gasteiger partial charge on any atom is 0.240 e. The van der Waals surface area contributed by atoms with Crippen LogP contribution in [0.5, 0.6) is 0 Å². The number of nitrogens with one attached hydrogen (secondary N) is 2. The first kappa shape index (κ1) is 14.9. The topological polar surface area (TPSA) is 46.1 Å². The van der Waals surface area contributed by atoms with Gasteiger partial charge in [0, 0.05) is 29.2 Å². The van der Waals surface area contributed by atoms with Gasteiger partial charge in [0.1, 0.15) is 6.54 Å². The minimum atomic E-state index is 0.00730. The molecule has 0 aliphatic heterocycles. The molecule has 1 aromatic heterocycles. The maximum atomic E-state index is 11.9. The van der Waals surface area contributed by atoms with E-state index < -0.39 is 0 Å². The second-order valence-corrected chi connectivity index (χ2v) is 5.63. The van der Waals surface area contributed by atoms with Gasteiger partial charge >= 0.3 is 0 Å². The van der Waals surface area contributed by atoms with E-state index in [4.69, 9.17) is 11.6 Å². The van der Waals surface area contributed by atoms with Crippen LogP contribution < -0.4 is 10.6 Å². The van der Waals surface area contributed by atoms with Gasteiger partial charge in [-0.15, -0.1) is 0 Å². The summed E-state index contributed by atoms with van der Waals surface area (Å²) in [7, 11) is 1.91. The van der Waals surface area contributed by atoms with Gasteiger partial charge in [-0.3, -0.25) is 4.79 Å². The molecule has 0 atom stereocenters. The number of halogens is 1. The van der Waals surface area contributed by atoms with E-state index in [1.165, 1.54) is 0 Å². The summed E-state index contributed by atoms with van der Waals surface area (Å²) in [5.74, 6) is 0.00730. The third-order valence-electron chi connectivity index (χ3n) is 3.06. The standard InChI is InChI=1S/C15H20ClN3O/c1-10(2)18-15(20)9-19-8-11(7-17-3)13-5-4-12(16)6-14(13)19/h4-6,8,10,17H,7,9H2,1-3H3,(H,18,20). The molecule has 0 unspecified atom stereocenters. The lowest BCUT2D eigenvalue weighted by Crippen LogP contribution is -2.32. The van der Waals surface area contributed by atoms with Gasteiger partial charge in [-0.25, -0.2) is 0 Å². The number of aromatic nitrogens is 1. The van der Waals surface area contributed by atoms with Crippen LogP contribution in [-0.4, -0.2) is 23.6 Å². The van der Waals surface area contributed by atoms with Gasteiger partial charge in [-0.05, 0) is 38.6 Å². The second-order valence-electron chi connectivity index (χ2n) is 5.20. The third kappa shape index (κ3) is 3.32. The molecule has 0 saturated heterocycles. The molecule has 2 aromatic rings. The highest BCUT2D eigenvalue weighted by atomic mass is 35.5. The predicted molar refractivity (Wildman–Crippen MR) is 83.0 cm³/mol. The van der Waals surface area contributed by atoms with Gasteiger partial charge in [0.05, 0.1) is 5.52 Å². The van der Waals surface area contributed by atoms with E-state index in [0.29, 0.717) is 11.6 Å². The summed E-state index contributed by atoms with van der Waals surface area (Å²) in [5.41, 5.74) is 2.15. The van der Waals surface area contributed by atoms with E-state index in [1.54, 1.807) is 0 Å². The highest BCUT2D eigenvalue weighted by Crippen LogP contribution is 2.24. The fourth-order valence-corrected chi connectivity index (χ4v) is 2.49. The van der Waals surface area contributed by atoms with E-state index >= 15 is 0 Å². The first-order chi connectivity index (χ1) is 9.51. The van der Waals surface area contributed by atoms with Crippen molar-refractivity contribution < 1.29 is 4.79 Å². The Kier molecular flexibility index (Phi) is 4.68. The van der Waals surface area contributed by atoms with Crippen LogP contribution in [0.4, 0.5) is 0 Å². The zero-order chi connectivity index (χ0) is 14.7. The Balaban J connectivity index is 2.36. The summed E-state index contributed by atoms with van der Waals surface area (Å²) in [5, 5.41) is 7.85. The van der Waals surface area contributed by atoms with Gasteiger partial charge < -0.3 is 15.2 Å². The molecule has 0 saturated carbocycles. The Bertz CT molecular complexity index is 619. The summed E-state index contributed by atoms with van der Waals surface area (Å²) in [4.78, 5) is 11.9. The van der Waals surface area contributed by atoms with Crippen molar-refractivity contribution in [3.05, 3.63) is 35.0 Å². The molecule has 5 heteroatoms. The van der Waals surface area contributed by atoms with E-state index in [0.717, 1.165) is 23.0 Å². The van der Waals surface area contributed by atoms with Crippen LogP contribution >= 0.6 is 11.6 Å². The van der Waals surface area contributed by atoms with Crippen LogP contribution in [0.2, 0.25) is 5.02 Å². The Morgan fingerprint density at radius 3 is 2.80 bits per heavy atom. The first-order valence-electron chi connectivity index (χ1n) is 6.72. The molecule has 4 nitrogen and oxygen atoms in total. The number of carbonyl (C=O) groups excluding carboxylic acids is 1. The van der Waals surface area contributed by atoms with E-state index in [1.807, 2.05) is 49.9 Å². The lowest BCUT2D eigenvalue weighted by Gasteiger charge is -2.09. The second kappa shape index (κ2) is 6.29. The van der Waals surface area contributed by atoms with Crippen LogP contribution in [0.25, 0.3) is 10.9 Å². The van der Waals surface area contributed by atoms with Gasteiger partial charge in [-0.1, -0.05) is 17.7 Å². The quantitative estimate of drug-likeness (QED) is 0.890.